The molecule has 0 aromatic heterocycles. The Hall–Kier alpha value is -2.21. The molecule has 0 aliphatic carbocycles. The van der Waals surface area contributed by atoms with Gasteiger partial charge in [0.1, 0.15) is 5.82 Å². The maximum absolute atomic E-state index is 13.6. The Bertz CT molecular complexity index is 731. The van der Waals surface area contributed by atoms with E-state index in [0.717, 1.165) is 22.2 Å². The first-order chi connectivity index (χ1) is 9.88. The van der Waals surface area contributed by atoms with Crippen LogP contribution in [0.4, 0.5) is 10.1 Å². The lowest BCUT2D eigenvalue weighted by Crippen LogP contribution is -2.14. The highest BCUT2D eigenvalue weighted by Gasteiger charge is 2.13. The fourth-order valence-electron chi connectivity index (χ4n) is 1.80. The van der Waals surface area contributed by atoms with Crippen LogP contribution in [-0.2, 0) is 0 Å². The van der Waals surface area contributed by atoms with E-state index in [1.807, 2.05) is 6.07 Å². The van der Waals surface area contributed by atoms with Crippen molar-refractivity contribution in [3.8, 4) is 0 Å². The van der Waals surface area contributed by atoms with Crippen LogP contribution in [0, 0.1) is 12.7 Å². The number of hydrogen-bond donors (Lipinski definition) is 2. The largest absolute Gasteiger partial charge is 0.478 e. The summed E-state index contributed by atoms with van der Waals surface area (Å²) < 4.78 is 14.3. The van der Waals surface area contributed by atoms with Gasteiger partial charge in [0.2, 0.25) is 0 Å². The Morgan fingerprint density at radius 1 is 1.14 bits per heavy atom. The minimum atomic E-state index is -1.35. The van der Waals surface area contributed by atoms with Crippen LogP contribution in [0.15, 0.2) is 40.9 Å². The summed E-state index contributed by atoms with van der Waals surface area (Å²) in [5, 5.41) is 11.3. The van der Waals surface area contributed by atoms with Gasteiger partial charge < -0.3 is 10.4 Å². The Kier molecular flexibility index (Phi) is 4.37. The van der Waals surface area contributed by atoms with Crippen LogP contribution in [0.1, 0.15) is 26.3 Å². The molecule has 0 unspecified atom stereocenters. The van der Waals surface area contributed by atoms with Gasteiger partial charge in [-0.1, -0.05) is 22.0 Å². The highest BCUT2D eigenvalue weighted by atomic mass is 79.9. The molecule has 2 aromatic carbocycles. The van der Waals surface area contributed by atoms with Gasteiger partial charge in [-0.25, -0.2) is 9.18 Å². The van der Waals surface area contributed by atoms with E-state index in [2.05, 4.69) is 21.2 Å². The quantitative estimate of drug-likeness (QED) is 0.882. The number of anilines is 1. The van der Waals surface area contributed by atoms with Crippen molar-refractivity contribution in [2.75, 3.05) is 5.32 Å². The van der Waals surface area contributed by atoms with E-state index in [1.165, 1.54) is 6.07 Å². The number of carbonyl (C=O) groups excluding carboxylic acids is 1. The predicted octanol–water partition coefficient (Wildman–Crippen LogP) is 3.85. The first kappa shape index (κ1) is 15.2. The molecular weight excluding hydrogens is 341 g/mol. The molecule has 0 heterocycles. The van der Waals surface area contributed by atoms with Crippen molar-refractivity contribution < 1.29 is 19.1 Å². The summed E-state index contributed by atoms with van der Waals surface area (Å²) in [5.41, 5.74) is 0.985. The molecule has 0 aliphatic heterocycles. The number of rotatable bonds is 3. The van der Waals surface area contributed by atoms with Crippen molar-refractivity contribution in [2.45, 2.75) is 6.92 Å². The first-order valence-corrected chi connectivity index (χ1v) is 6.78. The summed E-state index contributed by atoms with van der Waals surface area (Å²) in [7, 11) is 0. The number of benzene rings is 2. The van der Waals surface area contributed by atoms with E-state index in [4.69, 9.17) is 5.11 Å². The van der Waals surface area contributed by atoms with E-state index in [0.29, 0.717) is 5.56 Å². The second kappa shape index (κ2) is 6.05. The molecule has 0 aliphatic rings. The SMILES string of the molecule is Cc1ccc(Br)cc1C(=O)Nc1ccc(C(=O)O)c(F)c1. The lowest BCUT2D eigenvalue weighted by molar-refractivity contribution is 0.0692. The van der Waals surface area contributed by atoms with Gasteiger partial charge >= 0.3 is 5.97 Å². The maximum atomic E-state index is 13.6. The molecule has 4 nitrogen and oxygen atoms in total. The smallest absolute Gasteiger partial charge is 0.338 e. The Balaban J connectivity index is 2.26. The summed E-state index contributed by atoms with van der Waals surface area (Å²) in [6, 6.07) is 8.70. The van der Waals surface area contributed by atoms with Crippen LogP contribution in [0.2, 0.25) is 0 Å². The normalized spacial score (nSPS) is 10.2. The molecule has 1 amide bonds. The average Bonchev–Trinajstić information content (AvgIpc) is 2.41. The number of aromatic carboxylic acids is 1. The molecule has 0 fully saturated rings. The number of hydrogen-bond acceptors (Lipinski definition) is 2. The van der Waals surface area contributed by atoms with E-state index in [-0.39, 0.29) is 5.69 Å². The molecule has 0 bridgehead atoms. The molecule has 2 rings (SSSR count). The van der Waals surface area contributed by atoms with Gasteiger partial charge in [0.05, 0.1) is 5.56 Å². The van der Waals surface area contributed by atoms with Crippen LogP contribution < -0.4 is 5.32 Å². The average molecular weight is 352 g/mol. The monoisotopic (exact) mass is 351 g/mol. The summed E-state index contributed by atoms with van der Waals surface area (Å²) in [6.07, 6.45) is 0. The zero-order valence-corrected chi connectivity index (χ0v) is 12.6. The van der Waals surface area contributed by atoms with Crippen molar-refractivity contribution in [3.05, 3.63) is 63.4 Å². The van der Waals surface area contributed by atoms with Gasteiger partial charge in [-0.3, -0.25) is 4.79 Å². The molecule has 0 spiro atoms. The summed E-state index contributed by atoms with van der Waals surface area (Å²) in [4.78, 5) is 22.9. The number of carboxylic acid groups (broad SMARTS) is 1. The molecule has 0 atom stereocenters. The standard InChI is InChI=1S/C15H11BrFNO3/c1-8-2-3-9(16)6-12(8)14(19)18-10-4-5-11(15(20)21)13(17)7-10/h2-7H,1H3,(H,18,19)(H,20,21). The molecule has 0 saturated heterocycles. The van der Waals surface area contributed by atoms with Gasteiger partial charge in [0, 0.05) is 15.7 Å². The molecule has 0 radical (unpaired) electrons. The topological polar surface area (TPSA) is 66.4 Å². The summed E-state index contributed by atoms with van der Waals surface area (Å²) >= 11 is 3.28. The van der Waals surface area contributed by atoms with E-state index in [9.17, 15) is 14.0 Å². The van der Waals surface area contributed by atoms with Gasteiger partial charge in [-0.2, -0.15) is 0 Å². The van der Waals surface area contributed by atoms with Gasteiger partial charge in [-0.15, -0.1) is 0 Å². The van der Waals surface area contributed by atoms with Crippen molar-refractivity contribution in [1.82, 2.24) is 0 Å². The highest BCUT2D eigenvalue weighted by molar-refractivity contribution is 9.10. The third kappa shape index (κ3) is 3.46. The molecule has 2 aromatic rings. The van der Waals surface area contributed by atoms with Gasteiger partial charge in [-0.05, 0) is 42.8 Å². The predicted molar refractivity (Wildman–Crippen MR) is 80.2 cm³/mol. The molecular formula is C15H11BrFNO3. The number of amides is 1. The Morgan fingerprint density at radius 2 is 1.86 bits per heavy atom. The zero-order chi connectivity index (χ0) is 15.6. The molecule has 0 saturated carbocycles. The van der Waals surface area contributed by atoms with Crippen LogP contribution in [0.3, 0.4) is 0 Å². The number of nitrogens with one attached hydrogen (secondary N) is 1. The summed E-state index contributed by atoms with van der Waals surface area (Å²) in [6.45, 7) is 1.79. The van der Waals surface area contributed by atoms with Crippen molar-refractivity contribution in [3.63, 3.8) is 0 Å². The molecule has 2 N–H and O–H groups in total. The third-order valence-corrected chi connectivity index (χ3v) is 3.39. The van der Waals surface area contributed by atoms with Crippen molar-refractivity contribution in [2.24, 2.45) is 0 Å². The third-order valence-electron chi connectivity index (χ3n) is 2.90. The first-order valence-electron chi connectivity index (χ1n) is 5.99. The number of carboxylic acids is 1. The van der Waals surface area contributed by atoms with E-state index in [1.54, 1.807) is 19.1 Å². The van der Waals surface area contributed by atoms with E-state index >= 15 is 0 Å². The second-order valence-corrected chi connectivity index (χ2v) is 5.33. The number of carbonyl (C=O) groups is 2. The lowest BCUT2D eigenvalue weighted by atomic mass is 10.1. The van der Waals surface area contributed by atoms with E-state index < -0.39 is 23.3 Å². The molecule has 21 heavy (non-hydrogen) atoms. The molecule has 6 heteroatoms. The van der Waals surface area contributed by atoms with Crippen LogP contribution >= 0.6 is 15.9 Å². The zero-order valence-electron chi connectivity index (χ0n) is 11.0. The fourth-order valence-corrected chi connectivity index (χ4v) is 2.16. The van der Waals surface area contributed by atoms with Crippen LogP contribution in [0.25, 0.3) is 0 Å². The minimum Gasteiger partial charge on any atom is -0.478 e. The minimum absolute atomic E-state index is 0.196. The van der Waals surface area contributed by atoms with Gasteiger partial charge in [0.25, 0.3) is 5.91 Å². The summed E-state index contributed by atoms with van der Waals surface area (Å²) in [5.74, 6) is -2.64. The second-order valence-electron chi connectivity index (χ2n) is 4.41. The highest BCUT2D eigenvalue weighted by Crippen LogP contribution is 2.19. The number of aryl methyl sites for hydroxylation is 1. The van der Waals surface area contributed by atoms with Crippen molar-refractivity contribution >= 4 is 33.5 Å². The maximum Gasteiger partial charge on any atom is 0.338 e. The lowest BCUT2D eigenvalue weighted by Gasteiger charge is -2.09. The number of halogens is 2. The molecule has 108 valence electrons. The Morgan fingerprint density at radius 3 is 2.48 bits per heavy atom. The van der Waals surface area contributed by atoms with Gasteiger partial charge in [0.15, 0.2) is 0 Å². The van der Waals surface area contributed by atoms with Crippen LogP contribution in [-0.4, -0.2) is 17.0 Å². The van der Waals surface area contributed by atoms with Crippen LogP contribution in [0.5, 0.6) is 0 Å². The Labute approximate surface area is 128 Å². The fraction of sp³-hybridized carbons (Fsp3) is 0.0667. The van der Waals surface area contributed by atoms with Crippen molar-refractivity contribution in [1.29, 1.82) is 0 Å².